The van der Waals surface area contributed by atoms with Gasteiger partial charge in [0.1, 0.15) is 17.3 Å². The van der Waals surface area contributed by atoms with Crippen molar-refractivity contribution < 1.29 is 27.4 Å². The molecule has 0 aromatic heterocycles. The van der Waals surface area contributed by atoms with Gasteiger partial charge in [0.05, 0.1) is 11.3 Å². The molecule has 4 aromatic carbocycles. The van der Waals surface area contributed by atoms with Crippen molar-refractivity contribution in [1.29, 1.82) is 0 Å². The summed E-state index contributed by atoms with van der Waals surface area (Å²) in [6, 6.07) is 25.1. The van der Waals surface area contributed by atoms with Crippen LogP contribution in [0.15, 0.2) is 91.0 Å². The number of carbonyl (C=O) groups is 1. The van der Waals surface area contributed by atoms with Gasteiger partial charge in [-0.1, -0.05) is 42.5 Å². The molecule has 36 heavy (non-hydrogen) atoms. The summed E-state index contributed by atoms with van der Waals surface area (Å²) in [5, 5.41) is 8.96. The van der Waals surface area contributed by atoms with Crippen molar-refractivity contribution in [2.75, 3.05) is 0 Å². The number of nitrogens with one attached hydrogen (secondary N) is 1. The van der Waals surface area contributed by atoms with Crippen LogP contribution in [0.4, 0.5) is 4.39 Å². The Morgan fingerprint density at radius 2 is 1.56 bits per heavy atom. The molecule has 0 spiro atoms. The third-order valence-electron chi connectivity index (χ3n) is 5.61. The summed E-state index contributed by atoms with van der Waals surface area (Å²) in [7, 11) is -3.76. The Labute approximate surface area is 209 Å². The average Bonchev–Trinajstić information content (AvgIpc) is 2.86. The molecular weight excluding hydrogens is 481 g/mol. The first-order chi connectivity index (χ1) is 17.2. The molecule has 0 saturated carbocycles. The van der Waals surface area contributed by atoms with Crippen molar-refractivity contribution in [3.05, 3.63) is 119 Å². The van der Waals surface area contributed by atoms with E-state index in [-0.39, 0.29) is 17.9 Å². The summed E-state index contributed by atoms with van der Waals surface area (Å²) in [6.07, 6.45) is 0. The topological polar surface area (TPSA) is 92.7 Å². The molecule has 8 heteroatoms. The Hall–Kier alpha value is -4.01. The van der Waals surface area contributed by atoms with Crippen LogP contribution < -0.4 is 9.46 Å². The van der Waals surface area contributed by atoms with E-state index < -0.39 is 21.8 Å². The highest BCUT2D eigenvalue weighted by molar-refractivity contribution is 7.88. The summed E-state index contributed by atoms with van der Waals surface area (Å²) in [5.74, 6) is -0.642. The Bertz CT molecular complexity index is 1470. The number of benzene rings is 4. The van der Waals surface area contributed by atoms with Gasteiger partial charge in [0.15, 0.2) is 0 Å². The maximum absolute atomic E-state index is 15.0. The number of halogens is 1. The molecule has 0 aliphatic heterocycles. The quantitative estimate of drug-likeness (QED) is 0.295. The van der Waals surface area contributed by atoms with E-state index in [1.54, 1.807) is 49.4 Å². The molecule has 184 valence electrons. The number of aromatic carboxylic acids is 1. The summed E-state index contributed by atoms with van der Waals surface area (Å²) in [6.45, 7) is 1.74. The Morgan fingerprint density at radius 1 is 0.917 bits per heavy atom. The highest BCUT2D eigenvalue weighted by Crippen LogP contribution is 2.29. The molecule has 0 amide bonds. The van der Waals surface area contributed by atoms with Crippen LogP contribution in [0.2, 0.25) is 0 Å². The smallest absolute Gasteiger partial charge is 0.335 e. The fraction of sp³-hybridized carbons (Fsp3) is 0.107. The number of hydrogen-bond acceptors (Lipinski definition) is 4. The van der Waals surface area contributed by atoms with Crippen molar-refractivity contribution in [2.45, 2.75) is 19.2 Å². The van der Waals surface area contributed by atoms with Crippen LogP contribution in [0.1, 0.15) is 27.0 Å². The van der Waals surface area contributed by atoms with Crippen LogP contribution in [-0.2, 0) is 22.3 Å². The van der Waals surface area contributed by atoms with E-state index >= 15 is 0 Å². The van der Waals surface area contributed by atoms with E-state index in [4.69, 9.17) is 9.84 Å². The van der Waals surface area contributed by atoms with Crippen LogP contribution in [0.5, 0.6) is 11.5 Å². The number of carboxylic acids is 1. The highest BCUT2D eigenvalue weighted by Gasteiger charge is 2.17. The molecular formula is C28H24FNO5S. The molecule has 4 rings (SSSR count). The van der Waals surface area contributed by atoms with Crippen LogP contribution in [0.25, 0.3) is 11.1 Å². The van der Waals surface area contributed by atoms with Crippen LogP contribution >= 0.6 is 0 Å². The van der Waals surface area contributed by atoms with Crippen molar-refractivity contribution in [3.63, 3.8) is 0 Å². The second-order valence-electron chi connectivity index (χ2n) is 8.28. The van der Waals surface area contributed by atoms with Gasteiger partial charge in [-0.05, 0) is 77.7 Å². The lowest BCUT2D eigenvalue weighted by molar-refractivity contribution is 0.0697. The molecule has 0 heterocycles. The van der Waals surface area contributed by atoms with Crippen LogP contribution in [0, 0.1) is 12.7 Å². The third kappa shape index (κ3) is 6.35. The zero-order chi connectivity index (χ0) is 25.7. The minimum Gasteiger partial charge on any atom is -0.478 e. The van der Waals surface area contributed by atoms with Gasteiger partial charge >= 0.3 is 5.97 Å². The number of rotatable bonds is 9. The van der Waals surface area contributed by atoms with Gasteiger partial charge < -0.3 is 9.84 Å². The lowest BCUT2D eigenvalue weighted by Gasteiger charge is -2.13. The van der Waals surface area contributed by atoms with Gasteiger partial charge in [-0.2, -0.15) is 0 Å². The number of carboxylic acid groups (broad SMARTS) is 1. The zero-order valence-electron chi connectivity index (χ0n) is 19.4. The number of sulfonamides is 1. The Kier molecular flexibility index (Phi) is 7.47. The molecule has 0 atom stereocenters. The largest absolute Gasteiger partial charge is 0.478 e. The van der Waals surface area contributed by atoms with Crippen molar-refractivity contribution >= 4 is 16.0 Å². The van der Waals surface area contributed by atoms with E-state index in [9.17, 15) is 17.6 Å². The summed E-state index contributed by atoms with van der Waals surface area (Å²) >= 11 is 0. The minimum atomic E-state index is -3.76. The normalized spacial score (nSPS) is 11.3. The first-order valence-corrected chi connectivity index (χ1v) is 12.8. The van der Waals surface area contributed by atoms with Gasteiger partial charge in [0, 0.05) is 12.1 Å². The molecule has 0 aliphatic rings. The van der Waals surface area contributed by atoms with Gasteiger partial charge in [-0.25, -0.2) is 22.3 Å². The lowest BCUT2D eigenvalue weighted by atomic mass is 9.99. The van der Waals surface area contributed by atoms with Gasteiger partial charge in [-0.15, -0.1) is 0 Å². The molecule has 0 fully saturated rings. The number of ether oxygens (including phenoxy) is 1. The first kappa shape index (κ1) is 25.1. The summed E-state index contributed by atoms with van der Waals surface area (Å²) < 4.78 is 48.5. The fourth-order valence-corrected chi connectivity index (χ4v) is 4.85. The van der Waals surface area contributed by atoms with Gasteiger partial charge in [0.2, 0.25) is 10.0 Å². The minimum absolute atomic E-state index is 0.000747. The van der Waals surface area contributed by atoms with E-state index in [0.717, 1.165) is 0 Å². The second kappa shape index (κ2) is 10.7. The van der Waals surface area contributed by atoms with E-state index in [1.165, 1.54) is 18.2 Å². The zero-order valence-corrected chi connectivity index (χ0v) is 20.3. The molecule has 0 saturated heterocycles. The molecule has 2 N–H and O–H groups in total. The predicted molar refractivity (Wildman–Crippen MR) is 136 cm³/mol. The van der Waals surface area contributed by atoms with E-state index in [0.29, 0.717) is 39.3 Å². The second-order valence-corrected chi connectivity index (χ2v) is 10.1. The maximum atomic E-state index is 15.0. The third-order valence-corrected chi connectivity index (χ3v) is 6.89. The van der Waals surface area contributed by atoms with Gasteiger partial charge in [0.25, 0.3) is 0 Å². The molecule has 0 unspecified atom stereocenters. The summed E-state index contributed by atoms with van der Waals surface area (Å²) in [5.41, 5.74) is 2.74. The van der Waals surface area contributed by atoms with Crippen LogP contribution in [0.3, 0.4) is 0 Å². The number of para-hydroxylation sites is 1. The standard InChI is InChI=1S/C28H24FNO5S/c1-19-15-26(21-11-13-25(14-12-21)35-24-5-3-2-4-6-24)27(29)16-23(19)18-36(33,34)30-17-20-7-9-22(10-8-20)28(31)32/h2-16,30H,17-18H2,1H3,(H,31,32). The molecule has 0 radical (unpaired) electrons. The molecule has 4 aromatic rings. The van der Waals surface area contributed by atoms with E-state index in [1.807, 2.05) is 30.3 Å². The average molecular weight is 506 g/mol. The predicted octanol–water partition coefficient (Wildman–Crippen LogP) is 5.91. The number of aryl methyl sites for hydroxylation is 1. The molecule has 0 bridgehead atoms. The lowest BCUT2D eigenvalue weighted by Crippen LogP contribution is -2.25. The number of hydrogen-bond donors (Lipinski definition) is 2. The van der Waals surface area contributed by atoms with Gasteiger partial charge in [-0.3, -0.25) is 0 Å². The van der Waals surface area contributed by atoms with Crippen molar-refractivity contribution in [3.8, 4) is 22.6 Å². The van der Waals surface area contributed by atoms with E-state index in [2.05, 4.69) is 4.72 Å². The van der Waals surface area contributed by atoms with Crippen molar-refractivity contribution in [2.24, 2.45) is 0 Å². The fourth-order valence-electron chi connectivity index (χ4n) is 3.64. The Balaban J connectivity index is 1.44. The highest BCUT2D eigenvalue weighted by atomic mass is 32.2. The summed E-state index contributed by atoms with van der Waals surface area (Å²) in [4.78, 5) is 10.9. The molecule has 6 nitrogen and oxygen atoms in total. The molecule has 0 aliphatic carbocycles. The monoisotopic (exact) mass is 505 g/mol. The van der Waals surface area contributed by atoms with Crippen LogP contribution in [-0.4, -0.2) is 19.5 Å². The maximum Gasteiger partial charge on any atom is 0.335 e. The van der Waals surface area contributed by atoms with Crippen molar-refractivity contribution in [1.82, 2.24) is 4.72 Å². The SMILES string of the molecule is Cc1cc(-c2ccc(Oc3ccccc3)cc2)c(F)cc1CS(=O)(=O)NCc1ccc(C(=O)O)cc1. The Morgan fingerprint density at radius 3 is 2.19 bits per heavy atom. The first-order valence-electron chi connectivity index (χ1n) is 11.1.